The summed E-state index contributed by atoms with van der Waals surface area (Å²) in [6.07, 6.45) is 1.24. The summed E-state index contributed by atoms with van der Waals surface area (Å²) in [6, 6.07) is 13.8. The average Bonchev–Trinajstić information content (AvgIpc) is 2.68. The van der Waals surface area contributed by atoms with Gasteiger partial charge in [0.15, 0.2) is 0 Å². The molecule has 1 amide bonds. The van der Waals surface area contributed by atoms with Crippen molar-refractivity contribution in [1.29, 1.82) is 0 Å². The highest BCUT2D eigenvalue weighted by Crippen LogP contribution is 2.31. The van der Waals surface area contributed by atoms with Gasteiger partial charge in [-0.25, -0.2) is 9.97 Å². The van der Waals surface area contributed by atoms with Gasteiger partial charge >= 0.3 is 5.69 Å². The number of amides is 1. The number of benzene rings is 2. The van der Waals surface area contributed by atoms with E-state index in [0.29, 0.717) is 22.9 Å². The molecule has 0 saturated carbocycles. The molecule has 1 aromatic heterocycles. The number of carbonyl (C=O) groups excluding carboxylic acids is 1. The molecule has 3 rings (SSSR count). The summed E-state index contributed by atoms with van der Waals surface area (Å²) >= 11 is 5.87. The van der Waals surface area contributed by atoms with Gasteiger partial charge in [0.1, 0.15) is 6.33 Å². The molecule has 2 aromatic carbocycles. The Morgan fingerprint density at radius 2 is 1.66 bits per heavy atom. The predicted octanol–water partition coefficient (Wildman–Crippen LogP) is 4.35. The highest BCUT2D eigenvalue weighted by molar-refractivity contribution is 6.30. The van der Waals surface area contributed by atoms with E-state index in [2.05, 4.69) is 25.9 Å². The first-order valence-corrected chi connectivity index (χ1v) is 8.92. The number of hydrogen-bond acceptors (Lipinski definition) is 7. The van der Waals surface area contributed by atoms with E-state index in [9.17, 15) is 14.9 Å². The number of carbonyl (C=O) groups is 1. The third-order valence-electron chi connectivity index (χ3n) is 3.85. The van der Waals surface area contributed by atoms with Gasteiger partial charge in [0.05, 0.1) is 4.92 Å². The van der Waals surface area contributed by atoms with E-state index in [1.54, 1.807) is 36.4 Å². The normalized spacial score (nSPS) is 10.3. The third kappa shape index (κ3) is 5.39. The SMILES string of the molecule is CC(=O)Nc1ccc(Nc2ncnc(NCc3ccc(Cl)cc3)c2[N+](=O)[O-])cc1. The predicted molar refractivity (Wildman–Crippen MR) is 111 cm³/mol. The van der Waals surface area contributed by atoms with Gasteiger partial charge in [0.2, 0.25) is 17.5 Å². The zero-order valence-electron chi connectivity index (χ0n) is 15.3. The van der Waals surface area contributed by atoms with E-state index in [1.807, 2.05) is 12.1 Å². The van der Waals surface area contributed by atoms with Crippen LogP contribution in [0.5, 0.6) is 0 Å². The number of nitrogens with zero attached hydrogens (tertiary/aromatic N) is 3. The molecule has 0 atom stereocenters. The zero-order chi connectivity index (χ0) is 20.8. The highest BCUT2D eigenvalue weighted by Gasteiger charge is 2.23. The van der Waals surface area contributed by atoms with E-state index < -0.39 is 4.92 Å². The molecule has 0 unspecified atom stereocenters. The van der Waals surface area contributed by atoms with Crippen molar-refractivity contribution in [3.63, 3.8) is 0 Å². The van der Waals surface area contributed by atoms with Crippen LogP contribution < -0.4 is 16.0 Å². The lowest BCUT2D eigenvalue weighted by atomic mass is 10.2. The first-order valence-electron chi connectivity index (χ1n) is 8.55. The van der Waals surface area contributed by atoms with Crippen molar-refractivity contribution in [2.24, 2.45) is 0 Å². The summed E-state index contributed by atoms with van der Waals surface area (Å²) in [5, 5.41) is 20.8. The first kappa shape index (κ1) is 20.0. The number of nitro groups is 1. The molecule has 3 aromatic rings. The zero-order valence-corrected chi connectivity index (χ0v) is 16.1. The molecule has 0 radical (unpaired) electrons. The van der Waals surface area contributed by atoms with Crippen LogP contribution in [0.25, 0.3) is 0 Å². The highest BCUT2D eigenvalue weighted by atomic mass is 35.5. The minimum absolute atomic E-state index is 0.0517. The molecule has 0 bridgehead atoms. The molecule has 0 fully saturated rings. The minimum Gasteiger partial charge on any atom is -0.360 e. The largest absolute Gasteiger partial charge is 0.360 e. The Balaban J connectivity index is 1.80. The van der Waals surface area contributed by atoms with E-state index in [0.717, 1.165) is 5.56 Å². The van der Waals surface area contributed by atoms with Crippen LogP contribution in [0.3, 0.4) is 0 Å². The maximum absolute atomic E-state index is 11.6. The Bertz CT molecular complexity index is 1030. The molecule has 148 valence electrons. The topological polar surface area (TPSA) is 122 Å². The molecule has 0 aliphatic carbocycles. The Morgan fingerprint density at radius 3 is 2.28 bits per heavy atom. The Hall–Kier alpha value is -3.72. The van der Waals surface area contributed by atoms with Gasteiger partial charge in [-0.1, -0.05) is 23.7 Å². The standard InChI is InChI=1S/C19H17ClN6O3/c1-12(27)24-15-6-8-16(9-7-15)25-19-17(26(28)29)18(22-11-23-19)21-10-13-2-4-14(20)5-3-13/h2-9,11H,10H2,1H3,(H,24,27)(H2,21,22,23,25). The summed E-state index contributed by atoms with van der Waals surface area (Å²) < 4.78 is 0. The monoisotopic (exact) mass is 412 g/mol. The fourth-order valence-electron chi connectivity index (χ4n) is 2.54. The lowest BCUT2D eigenvalue weighted by Crippen LogP contribution is -2.08. The van der Waals surface area contributed by atoms with Crippen molar-refractivity contribution in [1.82, 2.24) is 9.97 Å². The van der Waals surface area contributed by atoms with Crippen LogP contribution in [0.15, 0.2) is 54.9 Å². The quantitative estimate of drug-likeness (QED) is 0.389. The number of halogens is 1. The van der Waals surface area contributed by atoms with Crippen molar-refractivity contribution in [2.45, 2.75) is 13.5 Å². The second kappa shape index (κ2) is 8.98. The van der Waals surface area contributed by atoms with Gasteiger partial charge < -0.3 is 16.0 Å². The molecule has 3 N–H and O–H groups in total. The second-order valence-corrected chi connectivity index (χ2v) is 6.48. The van der Waals surface area contributed by atoms with Gasteiger partial charge in [-0.2, -0.15) is 0 Å². The molecule has 10 heteroatoms. The number of aromatic nitrogens is 2. The van der Waals surface area contributed by atoms with Gasteiger partial charge in [-0.05, 0) is 42.0 Å². The van der Waals surface area contributed by atoms with Crippen molar-refractivity contribution >= 4 is 46.2 Å². The molecule has 0 aliphatic heterocycles. The van der Waals surface area contributed by atoms with Gasteiger partial charge in [0.25, 0.3) is 0 Å². The van der Waals surface area contributed by atoms with Crippen molar-refractivity contribution in [3.05, 3.63) is 75.6 Å². The van der Waals surface area contributed by atoms with Crippen LogP contribution in [0.4, 0.5) is 28.7 Å². The number of hydrogen-bond donors (Lipinski definition) is 3. The van der Waals surface area contributed by atoms with Gasteiger partial charge in [0, 0.05) is 29.9 Å². The number of anilines is 4. The molecule has 0 spiro atoms. The molecule has 1 heterocycles. The van der Waals surface area contributed by atoms with Crippen LogP contribution in [0, 0.1) is 10.1 Å². The molecular weight excluding hydrogens is 396 g/mol. The van der Waals surface area contributed by atoms with Crippen molar-refractivity contribution < 1.29 is 9.72 Å². The van der Waals surface area contributed by atoms with Crippen LogP contribution in [0.2, 0.25) is 5.02 Å². The summed E-state index contributed by atoms with van der Waals surface area (Å²) in [4.78, 5) is 30.2. The van der Waals surface area contributed by atoms with Crippen molar-refractivity contribution in [3.8, 4) is 0 Å². The Kier molecular flexibility index (Phi) is 6.20. The van der Waals surface area contributed by atoms with E-state index in [-0.39, 0.29) is 23.2 Å². The second-order valence-electron chi connectivity index (χ2n) is 6.04. The summed E-state index contributed by atoms with van der Waals surface area (Å²) in [6.45, 7) is 1.74. The molecule has 0 saturated heterocycles. The first-order chi connectivity index (χ1) is 13.9. The van der Waals surface area contributed by atoms with Gasteiger partial charge in [-0.3, -0.25) is 14.9 Å². The van der Waals surface area contributed by atoms with Crippen LogP contribution in [-0.2, 0) is 11.3 Å². The number of nitrogens with one attached hydrogen (secondary N) is 3. The van der Waals surface area contributed by atoms with E-state index in [4.69, 9.17) is 11.6 Å². The van der Waals surface area contributed by atoms with Crippen LogP contribution in [0.1, 0.15) is 12.5 Å². The van der Waals surface area contributed by atoms with Crippen LogP contribution >= 0.6 is 11.6 Å². The lowest BCUT2D eigenvalue weighted by Gasteiger charge is -2.11. The van der Waals surface area contributed by atoms with Gasteiger partial charge in [-0.15, -0.1) is 0 Å². The maximum atomic E-state index is 11.6. The number of rotatable bonds is 7. The summed E-state index contributed by atoms with van der Waals surface area (Å²) in [5.41, 5.74) is 1.81. The molecule has 9 nitrogen and oxygen atoms in total. The average molecular weight is 413 g/mol. The van der Waals surface area contributed by atoms with Crippen LogP contribution in [-0.4, -0.2) is 20.8 Å². The minimum atomic E-state index is -0.543. The Labute approximate surface area is 171 Å². The van der Waals surface area contributed by atoms with E-state index >= 15 is 0 Å². The van der Waals surface area contributed by atoms with E-state index in [1.165, 1.54) is 13.3 Å². The lowest BCUT2D eigenvalue weighted by molar-refractivity contribution is -0.383. The maximum Gasteiger partial charge on any atom is 0.353 e. The fourth-order valence-corrected chi connectivity index (χ4v) is 2.66. The summed E-state index contributed by atoms with van der Waals surface area (Å²) in [5.74, 6) is -0.0400. The fraction of sp³-hybridized carbons (Fsp3) is 0.105. The molecular formula is C19H17ClN6O3. The third-order valence-corrected chi connectivity index (χ3v) is 4.10. The molecule has 0 aliphatic rings. The summed E-state index contributed by atoms with van der Waals surface area (Å²) in [7, 11) is 0. The Morgan fingerprint density at radius 1 is 1.03 bits per heavy atom. The smallest absolute Gasteiger partial charge is 0.353 e. The van der Waals surface area contributed by atoms with Crippen molar-refractivity contribution in [2.75, 3.05) is 16.0 Å². The molecule has 29 heavy (non-hydrogen) atoms.